The van der Waals surface area contributed by atoms with Gasteiger partial charge in [-0.3, -0.25) is 4.79 Å². The minimum atomic E-state index is -0.516. The highest BCUT2D eigenvalue weighted by molar-refractivity contribution is 5.87. The summed E-state index contributed by atoms with van der Waals surface area (Å²) in [5.41, 5.74) is 0. The van der Waals surface area contributed by atoms with Gasteiger partial charge >= 0.3 is 0 Å². The number of nitrogens with zero attached hydrogens (tertiary/aromatic N) is 1. The third kappa shape index (κ3) is 2.64. The summed E-state index contributed by atoms with van der Waals surface area (Å²) in [5.74, 6) is -0.213. The normalized spacial score (nSPS) is 12.8. The molecule has 3 heteroatoms. The fourth-order valence-corrected chi connectivity index (χ4v) is 1.16. The molecule has 0 heterocycles. The van der Waals surface area contributed by atoms with Gasteiger partial charge in [0.1, 0.15) is 6.67 Å². The van der Waals surface area contributed by atoms with Crippen LogP contribution in [0, 0.1) is 0 Å². The Morgan fingerprint density at radius 1 is 1.58 bits per heavy atom. The molecule has 0 aromatic heterocycles. The standard InChI is InChI=1S/C9H16FNO/c1-5-9(12)11(7(2)3)8(4)6-10/h5,7-8H,1,6H2,2-4H3. The highest BCUT2D eigenvalue weighted by Crippen LogP contribution is 2.06. The molecule has 1 atom stereocenters. The second-order valence-corrected chi connectivity index (χ2v) is 3.05. The van der Waals surface area contributed by atoms with Crippen molar-refractivity contribution >= 4 is 5.91 Å². The molecule has 0 aliphatic rings. The molecule has 0 saturated carbocycles. The van der Waals surface area contributed by atoms with Crippen LogP contribution in [0.4, 0.5) is 4.39 Å². The maximum absolute atomic E-state index is 12.3. The Hall–Kier alpha value is -0.860. The first-order chi connectivity index (χ1) is 5.54. The van der Waals surface area contributed by atoms with E-state index in [0.717, 1.165) is 0 Å². The lowest BCUT2D eigenvalue weighted by atomic mass is 10.2. The molecule has 2 nitrogen and oxygen atoms in total. The fourth-order valence-electron chi connectivity index (χ4n) is 1.16. The largest absolute Gasteiger partial charge is 0.331 e. The molecule has 70 valence electrons. The zero-order valence-electron chi connectivity index (χ0n) is 7.88. The topological polar surface area (TPSA) is 20.3 Å². The van der Waals surface area contributed by atoms with E-state index in [1.54, 1.807) is 6.92 Å². The van der Waals surface area contributed by atoms with Crippen LogP contribution < -0.4 is 0 Å². The predicted molar refractivity (Wildman–Crippen MR) is 47.6 cm³/mol. The molecule has 0 aliphatic heterocycles. The van der Waals surface area contributed by atoms with Crippen molar-refractivity contribution in [2.45, 2.75) is 32.9 Å². The van der Waals surface area contributed by atoms with Crippen molar-refractivity contribution in [1.82, 2.24) is 4.90 Å². The summed E-state index contributed by atoms with van der Waals surface area (Å²) in [5, 5.41) is 0. The Morgan fingerprint density at radius 2 is 2.08 bits per heavy atom. The van der Waals surface area contributed by atoms with Crippen LogP contribution in [0.2, 0.25) is 0 Å². The highest BCUT2D eigenvalue weighted by Gasteiger charge is 2.20. The summed E-state index contributed by atoms with van der Waals surface area (Å²) in [6.07, 6.45) is 1.21. The monoisotopic (exact) mass is 173 g/mol. The lowest BCUT2D eigenvalue weighted by Crippen LogP contribution is -2.43. The summed E-state index contributed by atoms with van der Waals surface area (Å²) in [6, 6.07) is -0.350. The van der Waals surface area contributed by atoms with Crippen LogP contribution in [-0.4, -0.2) is 29.6 Å². The van der Waals surface area contributed by atoms with E-state index >= 15 is 0 Å². The van der Waals surface area contributed by atoms with Gasteiger partial charge in [-0.05, 0) is 26.8 Å². The number of halogens is 1. The molecule has 0 aliphatic carbocycles. The number of hydrogen-bond acceptors (Lipinski definition) is 1. The second-order valence-electron chi connectivity index (χ2n) is 3.05. The molecule has 0 radical (unpaired) electrons. The van der Waals surface area contributed by atoms with Gasteiger partial charge in [-0.2, -0.15) is 0 Å². The molecule has 12 heavy (non-hydrogen) atoms. The number of amides is 1. The van der Waals surface area contributed by atoms with E-state index in [0.29, 0.717) is 0 Å². The van der Waals surface area contributed by atoms with Gasteiger partial charge in [0.25, 0.3) is 0 Å². The van der Waals surface area contributed by atoms with Gasteiger partial charge < -0.3 is 4.90 Å². The van der Waals surface area contributed by atoms with Crippen molar-refractivity contribution < 1.29 is 9.18 Å². The predicted octanol–water partition coefficient (Wildman–Crippen LogP) is 1.77. The summed E-state index contributed by atoms with van der Waals surface area (Å²) in [6.45, 7) is 8.24. The molecule has 0 aromatic rings. The Kier molecular flexibility index (Phi) is 4.55. The number of hydrogen-bond donors (Lipinski definition) is 0. The molecule has 1 amide bonds. The number of carbonyl (C=O) groups is 1. The summed E-state index contributed by atoms with van der Waals surface area (Å²) in [4.78, 5) is 12.7. The quantitative estimate of drug-likeness (QED) is 0.593. The zero-order valence-corrected chi connectivity index (χ0v) is 7.88. The summed E-state index contributed by atoms with van der Waals surface area (Å²) >= 11 is 0. The maximum atomic E-state index is 12.3. The minimum Gasteiger partial charge on any atom is -0.331 e. The van der Waals surface area contributed by atoms with Gasteiger partial charge in [0.15, 0.2) is 0 Å². The smallest absolute Gasteiger partial charge is 0.246 e. The van der Waals surface area contributed by atoms with Gasteiger partial charge in [0.2, 0.25) is 5.91 Å². The minimum absolute atomic E-state index is 0.0150. The molecular formula is C9H16FNO. The SMILES string of the molecule is C=CC(=O)N(C(C)C)C(C)CF. The maximum Gasteiger partial charge on any atom is 0.246 e. The Balaban J connectivity index is 4.42. The molecule has 0 saturated heterocycles. The third-order valence-corrected chi connectivity index (χ3v) is 1.68. The number of carbonyl (C=O) groups excluding carboxylic acids is 1. The molecule has 0 rings (SSSR count). The van der Waals surface area contributed by atoms with Gasteiger partial charge in [0.05, 0.1) is 6.04 Å². The molecule has 1 unspecified atom stereocenters. The third-order valence-electron chi connectivity index (χ3n) is 1.68. The van der Waals surface area contributed by atoms with E-state index in [9.17, 15) is 9.18 Å². The van der Waals surface area contributed by atoms with Crippen LogP contribution in [0.1, 0.15) is 20.8 Å². The van der Waals surface area contributed by atoms with Crippen LogP contribution in [0.15, 0.2) is 12.7 Å². The van der Waals surface area contributed by atoms with Gasteiger partial charge in [-0.1, -0.05) is 6.58 Å². The van der Waals surface area contributed by atoms with Crippen molar-refractivity contribution in [2.24, 2.45) is 0 Å². The van der Waals surface area contributed by atoms with E-state index in [-0.39, 0.29) is 18.0 Å². The number of alkyl halides is 1. The molecule has 0 aromatic carbocycles. The van der Waals surface area contributed by atoms with Crippen molar-refractivity contribution in [3.63, 3.8) is 0 Å². The van der Waals surface area contributed by atoms with Crippen molar-refractivity contribution in [2.75, 3.05) is 6.67 Å². The lowest BCUT2D eigenvalue weighted by Gasteiger charge is -2.30. The van der Waals surface area contributed by atoms with Crippen LogP contribution >= 0.6 is 0 Å². The molecular weight excluding hydrogens is 157 g/mol. The van der Waals surface area contributed by atoms with Crippen LogP contribution in [0.25, 0.3) is 0 Å². The van der Waals surface area contributed by atoms with Crippen molar-refractivity contribution in [3.05, 3.63) is 12.7 Å². The Morgan fingerprint density at radius 3 is 2.33 bits per heavy atom. The molecule has 0 N–H and O–H groups in total. The van der Waals surface area contributed by atoms with E-state index in [4.69, 9.17) is 0 Å². The first kappa shape index (κ1) is 11.1. The van der Waals surface area contributed by atoms with E-state index in [2.05, 4.69) is 6.58 Å². The highest BCUT2D eigenvalue weighted by atomic mass is 19.1. The van der Waals surface area contributed by atoms with Gasteiger partial charge in [-0.15, -0.1) is 0 Å². The van der Waals surface area contributed by atoms with E-state index < -0.39 is 6.67 Å². The van der Waals surface area contributed by atoms with Gasteiger partial charge in [-0.25, -0.2) is 4.39 Å². The first-order valence-electron chi connectivity index (χ1n) is 4.05. The lowest BCUT2D eigenvalue weighted by molar-refractivity contribution is -0.130. The molecule has 0 bridgehead atoms. The van der Waals surface area contributed by atoms with Crippen LogP contribution in [0.5, 0.6) is 0 Å². The number of rotatable bonds is 4. The summed E-state index contributed by atoms with van der Waals surface area (Å²) < 4.78 is 12.3. The van der Waals surface area contributed by atoms with Crippen molar-refractivity contribution in [1.29, 1.82) is 0 Å². The average molecular weight is 173 g/mol. The fraction of sp³-hybridized carbons (Fsp3) is 0.667. The van der Waals surface area contributed by atoms with Gasteiger partial charge in [0, 0.05) is 6.04 Å². The van der Waals surface area contributed by atoms with Crippen LogP contribution in [-0.2, 0) is 4.79 Å². The Labute approximate surface area is 73.1 Å². The van der Waals surface area contributed by atoms with E-state index in [1.165, 1.54) is 11.0 Å². The Bertz CT molecular complexity index is 168. The van der Waals surface area contributed by atoms with E-state index in [1.807, 2.05) is 13.8 Å². The molecule has 0 fully saturated rings. The average Bonchev–Trinajstić information content (AvgIpc) is 2.03. The summed E-state index contributed by atoms with van der Waals surface area (Å²) in [7, 11) is 0. The molecule has 0 spiro atoms. The van der Waals surface area contributed by atoms with Crippen LogP contribution in [0.3, 0.4) is 0 Å². The first-order valence-corrected chi connectivity index (χ1v) is 4.05. The second kappa shape index (κ2) is 4.91. The van der Waals surface area contributed by atoms with Crippen molar-refractivity contribution in [3.8, 4) is 0 Å². The zero-order chi connectivity index (χ0) is 9.72.